The molecule has 0 saturated heterocycles. The van der Waals surface area contributed by atoms with Crippen LogP contribution in [0.5, 0.6) is 0 Å². The Kier molecular flexibility index (Phi) is 4.15. The highest BCUT2D eigenvalue weighted by Crippen LogP contribution is 2.32. The molecule has 0 aromatic heterocycles. The molecule has 1 aliphatic rings. The van der Waals surface area contributed by atoms with E-state index < -0.39 is 0 Å². The number of benzene rings is 2. The van der Waals surface area contributed by atoms with Crippen molar-refractivity contribution in [3.05, 3.63) is 53.6 Å². The molecule has 4 heteroatoms. The second kappa shape index (κ2) is 6.24. The molecule has 0 atom stereocenters. The summed E-state index contributed by atoms with van der Waals surface area (Å²) in [6, 6.07) is 14.3. The molecule has 1 aliphatic heterocycles. The summed E-state index contributed by atoms with van der Waals surface area (Å²) in [6.07, 6.45) is 1.59. The van der Waals surface area contributed by atoms with E-state index in [1.807, 2.05) is 42.2 Å². The number of carbonyl (C=O) groups excluding carboxylic acids is 1. The smallest absolute Gasteiger partial charge is 0.223 e. The molecule has 3 rings (SSSR count). The van der Waals surface area contributed by atoms with Crippen molar-refractivity contribution < 1.29 is 10.0 Å². The third-order valence-corrected chi connectivity index (χ3v) is 4.36. The van der Waals surface area contributed by atoms with E-state index in [-0.39, 0.29) is 5.91 Å². The van der Waals surface area contributed by atoms with E-state index in [0.717, 1.165) is 35.3 Å². The van der Waals surface area contributed by atoms with Crippen molar-refractivity contribution in [2.24, 2.45) is 5.16 Å². The average molecular weight is 308 g/mol. The molecule has 0 aliphatic carbocycles. The van der Waals surface area contributed by atoms with Gasteiger partial charge in [0.1, 0.15) is 0 Å². The summed E-state index contributed by atoms with van der Waals surface area (Å²) < 4.78 is 0. The van der Waals surface area contributed by atoms with Gasteiger partial charge in [-0.1, -0.05) is 42.4 Å². The number of fused-ring (bicyclic) bond motifs is 1. The topological polar surface area (TPSA) is 52.9 Å². The molecule has 0 radical (unpaired) electrons. The van der Waals surface area contributed by atoms with Gasteiger partial charge < -0.3 is 10.1 Å². The maximum Gasteiger partial charge on any atom is 0.223 e. The second-order valence-electron chi connectivity index (χ2n) is 5.74. The zero-order valence-corrected chi connectivity index (χ0v) is 13.4. The van der Waals surface area contributed by atoms with Crippen LogP contribution < -0.4 is 4.90 Å². The highest BCUT2D eigenvalue weighted by atomic mass is 16.4. The Balaban J connectivity index is 1.90. The Morgan fingerprint density at radius 1 is 1.17 bits per heavy atom. The number of hydrogen-bond donors (Lipinski definition) is 1. The van der Waals surface area contributed by atoms with Crippen molar-refractivity contribution in [2.45, 2.75) is 26.7 Å². The second-order valence-corrected chi connectivity index (χ2v) is 5.74. The van der Waals surface area contributed by atoms with E-state index >= 15 is 0 Å². The van der Waals surface area contributed by atoms with Crippen molar-refractivity contribution in [3.63, 3.8) is 0 Å². The lowest BCUT2D eigenvalue weighted by molar-refractivity contribution is -0.116. The van der Waals surface area contributed by atoms with Crippen molar-refractivity contribution >= 4 is 17.3 Å². The summed E-state index contributed by atoms with van der Waals surface area (Å²) in [5.41, 5.74) is 6.11. The highest BCUT2D eigenvalue weighted by Gasteiger charge is 2.22. The molecular formula is C19H20N2O2. The van der Waals surface area contributed by atoms with Crippen molar-refractivity contribution in [1.29, 1.82) is 0 Å². The number of carbonyl (C=O) groups is 1. The standard InChI is InChI=1S/C19H20N2O2/c1-3-18(20-23)15-6-4-14(5-7-15)16-8-9-19-17(12-16)10-11-21(19)13(2)22/h4-9,12,23H,3,10-11H2,1-2H3/b20-18+. The monoisotopic (exact) mass is 308 g/mol. The molecule has 2 aromatic carbocycles. The van der Waals surface area contributed by atoms with Gasteiger partial charge in [-0.05, 0) is 47.2 Å². The minimum atomic E-state index is 0.0937. The van der Waals surface area contributed by atoms with Crippen molar-refractivity contribution in [1.82, 2.24) is 0 Å². The van der Waals surface area contributed by atoms with Gasteiger partial charge in [-0.15, -0.1) is 0 Å². The minimum Gasteiger partial charge on any atom is -0.411 e. The normalized spacial score (nSPS) is 14.0. The Morgan fingerprint density at radius 3 is 2.48 bits per heavy atom. The molecule has 4 nitrogen and oxygen atoms in total. The number of amides is 1. The number of anilines is 1. The van der Waals surface area contributed by atoms with Crippen LogP contribution in [0, 0.1) is 0 Å². The summed E-state index contributed by atoms with van der Waals surface area (Å²) in [6.45, 7) is 4.33. The van der Waals surface area contributed by atoms with E-state index in [9.17, 15) is 4.79 Å². The molecule has 118 valence electrons. The average Bonchev–Trinajstić information content (AvgIpc) is 3.00. The number of rotatable bonds is 3. The number of nitrogens with zero attached hydrogens (tertiary/aromatic N) is 2. The van der Waals surface area contributed by atoms with E-state index in [1.165, 1.54) is 5.56 Å². The lowest BCUT2D eigenvalue weighted by atomic mass is 9.99. The van der Waals surface area contributed by atoms with E-state index in [2.05, 4.69) is 17.3 Å². The Labute approximate surface area is 136 Å². The first-order valence-electron chi connectivity index (χ1n) is 7.86. The Bertz CT molecular complexity index is 763. The maximum absolute atomic E-state index is 11.6. The number of hydrogen-bond acceptors (Lipinski definition) is 3. The lowest BCUT2D eigenvalue weighted by Crippen LogP contribution is -2.25. The van der Waals surface area contributed by atoms with E-state index in [1.54, 1.807) is 6.92 Å². The van der Waals surface area contributed by atoms with Gasteiger partial charge in [-0.25, -0.2) is 0 Å². The van der Waals surface area contributed by atoms with Crippen LogP contribution in [0.25, 0.3) is 11.1 Å². The van der Waals surface area contributed by atoms with E-state index in [4.69, 9.17) is 5.21 Å². The first kappa shape index (κ1) is 15.3. The van der Waals surface area contributed by atoms with Gasteiger partial charge in [-0.2, -0.15) is 0 Å². The first-order valence-corrected chi connectivity index (χ1v) is 7.86. The lowest BCUT2D eigenvalue weighted by Gasteiger charge is -2.15. The van der Waals surface area contributed by atoms with Crippen LogP contribution in [0.3, 0.4) is 0 Å². The predicted octanol–water partition coefficient (Wildman–Crippen LogP) is 3.85. The zero-order chi connectivity index (χ0) is 16.4. The van der Waals surface area contributed by atoms with Gasteiger partial charge >= 0.3 is 0 Å². The molecule has 0 saturated carbocycles. The molecule has 2 aromatic rings. The van der Waals surface area contributed by atoms with E-state index in [0.29, 0.717) is 12.1 Å². The highest BCUT2D eigenvalue weighted by molar-refractivity contribution is 6.00. The molecule has 0 unspecified atom stereocenters. The molecule has 1 amide bonds. The summed E-state index contributed by atoms with van der Waals surface area (Å²) in [5, 5.41) is 12.3. The van der Waals surface area contributed by atoms with Crippen LogP contribution >= 0.6 is 0 Å². The molecule has 0 spiro atoms. The fourth-order valence-electron chi connectivity index (χ4n) is 3.10. The fourth-order valence-corrected chi connectivity index (χ4v) is 3.10. The third-order valence-electron chi connectivity index (χ3n) is 4.36. The zero-order valence-electron chi connectivity index (χ0n) is 13.4. The van der Waals surface area contributed by atoms with Gasteiger partial charge in [0.2, 0.25) is 5.91 Å². The predicted molar refractivity (Wildman–Crippen MR) is 92.2 cm³/mol. The minimum absolute atomic E-state index is 0.0937. The van der Waals surface area contributed by atoms with Crippen LogP contribution in [-0.4, -0.2) is 23.4 Å². The molecule has 0 fully saturated rings. The van der Waals surface area contributed by atoms with Crippen LogP contribution in [-0.2, 0) is 11.2 Å². The third kappa shape index (κ3) is 2.84. The Hall–Kier alpha value is -2.62. The summed E-state index contributed by atoms with van der Waals surface area (Å²) in [5.74, 6) is 0.0937. The van der Waals surface area contributed by atoms with Crippen molar-refractivity contribution in [2.75, 3.05) is 11.4 Å². The quantitative estimate of drug-likeness (QED) is 0.532. The largest absolute Gasteiger partial charge is 0.411 e. The Morgan fingerprint density at radius 2 is 1.87 bits per heavy atom. The molecule has 1 N–H and O–H groups in total. The maximum atomic E-state index is 11.6. The first-order chi connectivity index (χ1) is 11.1. The molecular weight excluding hydrogens is 288 g/mol. The van der Waals surface area contributed by atoms with Crippen LogP contribution in [0.2, 0.25) is 0 Å². The van der Waals surface area contributed by atoms with Crippen LogP contribution in [0.4, 0.5) is 5.69 Å². The van der Waals surface area contributed by atoms with Crippen LogP contribution in [0.1, 0.15) is 31.4 Å². The molecule has 0 bridgehead atoms. The van der Waals surface area contributed by atoms with Gasteiger partial charge in [0.15, 0.2) is 0 Å². The number of oxime groups is 1. The fraction of sp³-hybridized carbons (Fsp3) is 0.263. The summed E-state index contributed by atoms with van der Waals surface area (Å²) >= 11 is 0. The van der Waals surface area contributed by atoms with Gasteiger partial charge in [0, 0.05) is 19.2 Å². The van der Waals surface area contributed by atoms with Gasteiger partial charge in [0.05, 0.1) is 5.71 Å². The van der Waals surface area contributed by atoms with Gasteiger partial charge in [0.25, 0.3) is 0 Å². The van der Waals surface area contributed by atoms with Crippen molar-refractivity contribution in [3.8, 4) is 11.1 Å². The summed E-state index contributed by atoms with van der Waals surface area (Å²) in [4.78, 5) is 13.4. The SMILES string of the molecule is CC/C(=N\O)c1ccc(-c2ccc3c(c2)CCN3C(C)=O)cc1. The summed E-state index contributed by atoms with van der Waals surface area (Å²) in [7, 11) is 0. The van der Waals surface area contributed by atoms with Crippen LogP contribution in [0.15, 0.2) is 47.6 Å². The molecule has 23 heavy (non-hydrogen) atoms. The van der Waals surface area contributed by atoms with Gasteiger partial charge in [-0.3, -0.25) is 4.79 Å². The molecule has 1 heterocycles.